The Bertz CT molecular complexity index is 508. The van der Waals surface area contributed by atoms with Gasteiger partial charge in [-0.2, -0.15) is 0 Å². The third kappa shape index (κ3) is 2.97. The van der Waals surface area contributed by atoms with E-state index in [0.29, 0.717) is 5.76 Å². The highest BCUT2D eigenvalue weighted by molar-refractivity contribution is 9.10. The normalized spacial score (nSPS) is 12.1. The van der Waals surface area contributed by atoms with Gasteiger partial charge in [0.2, 0.25) is 0 Å². The number of halogens is 1. The van der Waals surface area contributed by atoms with Gasteiger partial charge in [0.25, 0.3) is 5.91 Å². The first kappa shape index (κ1) is 11.9. The second-order valence-electron chi connectivity index (χ2n) is 3.73. The standard InChI is InChI=1S/C13H12BrNO2/c1-9(10-4-2-5-11(14)8-10)15-13(16)12-6-3-7-17-12/h2-9H,1H3,(H,15,16). The predicted octanol–water partition coefficient (Wildman–Crippen LogP) is 3.53. The molecule has 1 unspecified atom stereocenters. The number of amides is 1. The number of carbonyl (C=O) groups is 1. The van der Waals surface area contributed by atoms with Crippen LogP contribution in [-0.2, 0) is 0 Å². The van der Waals surface area contributed by atoms with E-state index in [9.17, 15) is 4.79 Å². The van der Waals surface area contributed by atoms with E-state index in [2.05, 4.69) is 21.2 Å². The molecule has 1 aromatic heterocycles. The number of benzene rings is 1. The Hall–Kier alpha value is -1.55. The van der Waals surface area contributed by atoms with Gasteiger partial charge in [0, 0.05) is 4.47 Å². The molecule has 1 N–H and O–H groups in total. The topological polar surface area (TPSA) is 42.2 Å². The minimum atomic E-state index is -0.206. The van der Waals surface area contributed by atoms with Gasteiger partial charge in [-0.05, 0) is 36.8 Å². The smallest absolute Gasteiger partial charge is 0.287 e. The number of carbonyl (C=O) groups excluding carboxylic acids is 1. The van der Waals surface area contributed by atoms with Crippen LogP contribution in [0, 0.1) is 0 Å². The van der Waals surface area contributed by atoms with Crippen molar-refractivity contribution in [1.29, 1.82) is 0 Å². The number of furan rings is 1. The Morgan fingerprint density at radius 3 is 2.82 bits per heavy atom. The van der Waals surface area contributed by atoms with Crippen molar-refractivity contribution in [2.45, 2.75) is 13.0 Å². The number of hydrogen-bond donors (Lipinski definition) is 1. The second kappa shape index (κ2) is 5.19. The van der Waals surface area contributed by atoms with Crippen LogP contribution < -0.4 is 5.32 Å². The molecule has 0 fully saturated rings. The molecule has 88 valence electrons. The van der Waals surface area contributed by atoms with Gasteiger partial charge >= 0.3 is 0 Å². The lowest BCUT2D eigenvalue weighted by atomic mass is 10.1. The lowest BCUT2D eigenvalue weighted by Gasteiger charge is -2.13. The molecule has 3 nitrogen and oxygen atoms in total. The molecule has 0 bridgehead atoms. The number of hydrogen-bond acceptors (Lipinski definition) is 2. The highest BCUT2D eigenvalue weighted by atomic mass is 79.9. The first-order valence-corrected chi connectivity index (χ1v) is 6.06. The molecule has 1 amide bonds. The zero-order valence-corrected chi connectivity index (χ0v) is 10.9. The van der Waals surface area contributed by atoms with Gasteiger partial charge in [-0.25, -0.2) is 0 Å². The molecule has 4 heteroatoms. The van der Waals surface area contributed by atoms with Crippen LogP contribution >= 0.6 is 15.9 Å². The molecule has 1 aromatic carbocycles. The van der Waals surface area contributed by atoms with Gasteiger partial charge < -0.3 is 9.73 Å². The molecule has 1 atom stereocenters. The largest absolute Gasteiger partial charge is 0.459 e. The van der Waals surface area contributed by atoms with Crippen LogP contribution in [0.25, 0.3) is 0 Å². The summed E-state index contributed by atoms with van der Waals surface area (Å²) in [6.07, 6.45) is 1.48. The van der Waals surface area contributed by atoms with Crippen LogP contribution in [0.1, 0.15) is 29.1 Å². The Balaban J connectivity index is 2.07. The minimum absolute atomic E-state index is 0.0647. The van der Waals surface area contributed by atoms with Crippen molar-refractivity contribution >= 4 is 21.8 Å². The van der Waals surface area contributed by atoms with E-state index in [4.69, 9.17) is 4.42 Å². The van der Waals surface area contributed by atoms with Crippen molar-refractivity contribution < 1.29 is 9.21 Å². The van der Waals surface area contributed by atoms with Crippen molar-refractivity contribution in [1.82, 2.24) is 5.32 Å². The second-order valence-corrected chi connectivity index (χ2v) is 4.64. The SMILES string of the molecule is CC(NC(=O)c1ccco1)c1cccc(Br)c1. The summed E-state index contributed by atoms with van der Waals surface area (Å²) in [6.45, 7) is 1.93. The summed E-state index contributed by atoms with van der Waals surface area (Å²) >= 11 is 3.40. The van der Waals surface area contributed by atoms with E-state index in [1.165, 1.54) is 6.26 Å². The monoisotopic (exact) mass is 293 g/mol. The summed E-state index contributed by atoms with van der Waals surface area (Å²) in [5, 5.41) is 2.87. The first-order chi connectivity index (χ1) is 8.16. The summed E-state index contributed by atoms with van der Waals surface area (Å²) in [4.78, 5) is 11.8. The number of rotatable bonds is 3. The van der Waals surface area contributed by atoms with E-state index in [1.54, 1.807) is 12.1 Å². The van der Waals surface area contributed by atoms with Gasteiger partial charge in [0.1, 0.15) is 0 Å². The summed E-state index contributed by atoms with van der Waals surface area (Å²) < 4.78 is 6.03. The molecule has 0 aliphatic rings. The number of nitrogens with one attached hydrogen (secondary N) is 1. The molecule has 0 aliphatic carbocycles. The van der Waals surface area contributed by atoms with Crippen LogP contribution in [0.3, 0.4) is 0 Å². The van der Waals surface area contributed by atoms with Gasteiger partial charge in [-0.1, -0.05) is 28.1 Å². The Kier molecular flexibility index (Phi) is 3.64. The minimum Gasteiger partial charge on any atom is -0.459 e. The maximum atomic E-state index is 11.8. The average Bonchev–Trinajstić information content (AvgIpc) is 2.82. The molecular weight excluding hydrogens is 282 g/mol. The summed E-state index contributed by atoms with van der Waals surface area (Å²) in [7, 11) is 0. The van der Waals surface area contributed by atoms with Gasteiger partial charge in [-0.3, -0.25) is 4.79 Å². The van der Waals surface area contributed by atoms with E-state index in [-0.39, 0.29) is 11.9 Å². The molecule has 0 saturated heterocycles. The molecule has 0 spiro atoms. The Morgan fingerprint density at radius 2 is 2.18 bits per heavy atom. The van der Waals surface area contributed by atoms with Gasteiger partial charge in [-0.15, -0.1) is 0 Å². The fourth-order valence-corrected chi connectivity index (χ4v) is 1.95. The van der Waals surface area contributed by atoms with Crippen molar-refractivity contribution in [2.75, 3.05) is 0 Å². The van der Waals surface area contributed by atoms with Crippen LogP contribution in [0.15, 0.2) is 51.6 Å². The fraction of sp³-hybridized carbons (Fsp3) is 0.154. The van der Waals surface area contributed by atoms with E-state index >= 15 is 0 Å². The first-order valence-electron chi connectivity index (χ1n) is 5.26. The zero-order chi connectivity index (χ0) is 12.3. The highest BCUT2D eigenvalue weighted by Gasteiger charge is 2.13. The summed E-state index contributed by atoms with van der Waals surface area (Å²) in [5.41, 5.74) is 1.04. The van der Waals surface area contributed by atoms with E-state index in [0.717, 1.165) is 10.0 Å². The molecule has 2 rings (SSSR count). The van der Waals surface area contributed by atoms with E-state index < -0.39 is 0 Å². The quantitative estimate of drug-likeness (QED) is 0.941. The predicted molar refractivity (Wildman–Crippen MR) is 68.7 cm³/mol. The lowest BCUT2D eigenvalue weighted by Crippen LogP contribution is -2.26. The molecule has 1 heterocycles. The van der Waals surface area contributed by atoms with Crippen molar-refractivity contribution in [2.24, 2.45) is 0 Å². The van der Waals surface area contributed by atoms with Crippen LogP contribution in [0.2, 0.25) is 0 Å². The highest BCUT2D eigenvalue weighted by Crippen LogP contribution is 2.18. The molecule has 0 aliphatic heterocycles. The summed E-state index contributed by atoms with van der Waals surface area (Å²) in [6, 6.07) is 11.1. The van der Waals surface area contributed by atoms with E-state index in [1.807, 2.05) is 31.2 Å². The Morgan fingerprint density at radius 1 is 1.35 bits per heavy atom. The molecule has 17 heavy (non-hydrogen) atoms. The van der Waals surface area contributed by atoms with Crippen LogP contribution in [0.4, 0.5) is 0 Å². The Labute approximate surface area is 108 Å². The van der Waals surface area contributed by atoms with Crippen LogP contribution in [-0.4, -0.2) is 5.91 Å². The molecular formula is C13H12BrNO2. The fourth-order valence-electron chi connectivity index (χ4n) is 1.53. The average molecular weight is 294 g/mol. The molecule has 0 saturated carbocycles. The van der Waals surface area contributed by atoms with Crippen molar-refractivity contribution in [3.05, 3.63) is 58.5 Å². The maximum Gasteiger partial charge on any atom is 0.287 e. The third-order valence-electron chi connectivity index (χ3n) is 2.44. The van der Waals surface area contributed by atoms with Crippen LogP contribution in [0.5, 0.6) is 0 Å². The van der Waals surface area contributed by atoms with Crippen molar-refractivity contribution in [3.8, 4) is 0 Å². The maximum absolute atomic E-state index is 11.8. The molecule has 2 aromatic rings. The van der Waals surface area contributed by atoms with Gasteiger partial charge in [0.05, 0.1) is 12.3 Å². The zero-order valence-electron chi connectivity index (χ0n) is 9.31. The summed E-state index contributed by atoms with van der Waals surface area (Å²) in [5.74, 6) is 0.120. The van der Waals surface area contributed by atoms with Gasteiger partial charge in [0.15, 0.2) is 5.76 Å². The molecule has 0 radical (unpaired) electrons. The van der Waals surface area contributed by atoms with Crippen molar-refractivity contribution in [3.63, 3.8) is 0 Å². The lowest BCUT2D eigenvalue weighted by molar-refractivity contribution is 0.0912. The third-order valence-corrected chi connectivity index (χ3v) is 2.93.